The van der Waals surface area contributed by atoms with Crippen LogP contribution in [0.3, 0.4) is 0 Å². The predicted octanol–water partition coefficient (Wildman–Crippen LogP) is 1.46. The van der Waals surface area contributed by atoms with Gasteiger partial charge in [-0.05, 0) is 19.3 Å². The molecule has 1 N–H and O–H groups in total. The molecule has 1 heterocycles. The van der Waals surface area contributed by atoms with Gasteiger partial charge in [0.05, 0.1) is 0 Å². The van der Waals surface area contributed by atoms with Crippen LogP contribution >= 0.6 is 0 Å². The standard InChI is InChI=1S/C9H15NO/c11-9-7-4-2-1-3-5-8(6-7)10-9/h7-8H,1-6H2,(H,10,11). The zero-order valence-electron chi connectivity index (χ0n) is 6.81. The largest absolute Gasteiger partial charge is 0.353 e. The van der Waals surface area contributed by atoms with Crippen molar-refractivity contribution in [3.63, 3.8) is 0 Å². The lowest BCUT2D eigenvalue weighted by atomic mass is 9.92. The Kier molecular flexibility index (Phi) is 1.84. The molecule has 2 nitrogen and oxygen atoms in total. The van der Waals surface area contributed by atoms with Crippen LogP contribution in [0, 0.1) is 5.92 Å². The minimum absolute atomic E-state index is 0.317. The number of fused-ring (bicyclic) bond motifs is 2. The summed E-state index contributed by atoms with van der Waals surface area (Å²) >= 11 is 0. The highest BCUT2D eigenvalue weighted by Gasteiger charge is 2.31. The molecular weight excluding hydrogens is 138 g/mol. The normalized spacial score (nSPS) is 37.6. The molecule has 0 aromatic carbocycles. The van der Waals surface area contributed by atoms with E-state index in [0.29, 0.717) is 17.9 Å². The number of hydrogen-bond acceptors (Lipinski definition) is 1. The summed E-state index contributed by atoms with van der Waals surface area (Å²) in [6.45, 7) is 0. The summed E-state index contributed by atoms with van der Waals surface area (Å²) in [6, 6.07) is 0.521. The van der Waals surface area contributed by atoms with Crippen molar-refractivity contribution in [2.45, 2.75) is 44.6 Å². The third-order valence-corrected chi connectivity index (χ3v) is 2.89. The van der Waals surface area contributed by atoms with Gasteiger partial charge in [-0.3, -0.25) is 4.79 Å². The minimum atomic E-state index is 0.317. The van der Waals surface area contributed by atoms with Gasteiger partial charge < -0.3 is 5.32 Å². The first-order valence-corrected chi connectivity index (χ1v) is 4.66. The smallest absolute Gasteiger partial charge is 0.223 e. The van der Waals surface area contributed by atoms with Gasteiger partial charge in [-0.25, -0.2) is 0 Å². The summed E-state index contributed by atoms with van der Waals surface area (Å²) in [5.41, 5.74) is 0. The maximum atomic E-state index is 11.3. The lowest BCUT2D eigenvalue weighted by Crippen LogP contribution is -2.25. The number of hydrogen-bond donors (Lipinski definition) is 1. The van der Waals surface area contributed by atoms with Crippen LogP contribution in [0.15, 0.2) is 0 Å². The molecule has 2 rings (SSSR count). The van der Waals surface area contributed by atoms with Crippen molar-refractivity contribution in [1.82, 2.24) is 5.32 Å². The van der Waals surface area contributed by atoms with Crippen molar-refractivity contribution >= 4 is 5.91 Å². The fourth-order valence-electron chi connectivity index (χ4n) is 2.23. The fourth-order valence-corrected chi connectivity index (χ4v) is 2.23. The number of amides is 1. The number of rotatable bonds is 0. The van der Waals surface area contributed by atoms with Crippen LogP contribution in [0.25, 0.3) is 0 Å². The van der Waals surface area contributed by atoms with E-state index in [4.69, 9.17) is 0 Å². The van der Waals surface area contributed by atoms with E-state index in [1.165, 1.54) is 25.7 Å². The molecule has 1 saturated heterocycles. The third kappa shape index (κ3) is 1.39. The van der Waals surface area contributed by atoms with Crippen molar-refractivity contribution < 1.29 is 4.79 Å². The van der Waals surface area contributed by atoms with Gasteiger partial charge in [0, 0.05) is 12.0 Å². The Labute approximate surface area is 67.4 Å². The first kappa shape index (κ1) is 7.14. The van der Waals surface area contributed by atoms with Crippen molar-refractivity contribution in [3.05, 3.63) is 0 Å². The summed E-state index contributed by atoms with van der Waals surface area (Å²) in [5, 5.41) is 3.06. The average molecular weight is 153 g/mol. The van der Waals surface area contributed by atoms with Gasteiger partial charge in [0.2, 0.25) is 5.91 Å². The number of carbonyl (C=O) groups excluding carboxylic acids is 1. The van der Waals surface area contributed by atoms with E-state index < -0.39 is 0 Å². The van der Waals surface area contributed by atoms with Crippen LogP contribution in [0.2, 0.25) is 0 Å². The SMILES string of the molecule is O=C1NC2CCCCCC1C2. The highest BCUT2D eigenvalue weighted by molar-refractivity contribution is 5.81. The van der Waals surface area contributed by atoms with Crippen LogP contribution in [0.5, 0.6) is 0 Å². The molecule has 1 amide bonds. The van der Waals surface area contributed by atoms with Crippen LogP contribution < -0.4 is 5.32 Å². The average Bonchev–Trinajstić information content (AvgIpc) is 2.27. The quantitative estimate of drug-likeness (QED) is 0.560. The third-order valence-electron chi connectivity index (χ3n) is 2.89. The van der Waals surface area contributed by atoms with Crippen molar-refractivity contribution in [2.75, 3.05) is 0 Å². The van der Waals surface area contributed by atoms with Gasteiger partial charge in [0.25, 0.3) is 0 Å². The Morgan fingerprint density at radius 3 is 2.91 bits per heavy atom. The molecule has 2 fully saturated rings. The maximum Gasteiger partial charge on any atom is 0.223 e. The molecular formula is C9H15NO. The van der Waals surface area contributed by atoms with Gasteiger partial charge in [-0.15, -0.1) is 0 Å². The Morgan fingerprint density at radius 1 is 1.18 bits per heavy atom. The summed E-state index contributed by atoms with van der Waals surface area (Å²) in [5.74, 6) is 0.678. The highest BCUT2D eigenvalue weighted by atomic mass is 16.2. The second-order valence-electron chi connectivity index (χ2n) is 3.78. The van der Waals surface area contributed by atoms with Crippen LogP contribution in [0.1, 0.15) is 38.5 Å². The highest BCUT2D eigenvalue weighted by Crippen LogP contribution is 2.27. The zero-order valence-corrected chi connectivity index (χ0v) is 6.81. The lowest BCUT2D eigenvalue weighted by molar-refractivity contribution is -0.122. The molecule has 1 aliphatic heterocycles. The first-order chi connectivity index (χ1) is 5.36. The molecule has 2 unspecified atom stereocenters. The zero-order chi connectivity index (χ0) is 7.68. The Balaban J connectivity index is 2.03. The molecule has 1 saturated carbocycles. The molecule has 1 aliphatic carbocycles. The van der Waals surface area contributed by atoms with Crippen molar-refractivity contribution in [1.29, 1.82) is 0 Å². The van der Waals surface area contributed by atoms with Crippen molar-refractivity contribution in [3.8, 4) is 0 Å². The van der Waals surface area contributed by atoms with E-state index >= 15 is 0 Å². The molecule has 0 spiro atoms. The summed E-state index contributed by atoms with van der Waals surface area (Å²) in [4.78, 5) is 11.3. The van der Waals surface area contributed by atoms with E-state index in [1.54, 1.807) is 0 Å². The van der Waals surface area contributed by atoms with E-state index in [0.717, 1.165) is 12.8 Å². The van der Waals surface area contributed by atoms with Gasteiger partial charge in [-0.2, -0.15) is 0 Å². The molecule has 2 heteroatoms. The molecule has 62 valence electrons. The maximum absolute atomic E-state index is 11.3. The van der Waals surface area contributed by atoms with Gasteiger partial charge in [0.15, 0.2) is 0 Å². The van der Waals surface area contributed by atoms with E-state index in [2.05, 4.69) is 5.32 Å². The summed E-state index contributed by atoms with van der Waals surface area (Å²) in [7, 11) is 0. The Bertz CT molecular complexity index is 167. The molecule has 2 bridgehead atoms. The summed E-state index contributed by atoms with van der Waals surface area (Å²) in [6.07, 6.45) is 7.33. The minimum Gasteiger partial charge on any atom is -0.353 e. The molecule has 11 heavy (non-hydrogen) atoms. The van der Waals surface area contributed by atoms with Crippen molar-refractivity contribution in [2.24, 2.45) is 5.92 Å². The topological polar surface area (TPSA) is 29.1 Å². The monoisotopic (exact) mass is 153 g/mol. The molecule has 0 aromatic heterocycles. The molecule has 2 atom stereocenters. The predicted molar refractivity (Wildman–Crippen MR) is 43.1 cm³/mol. The van der Waals surface area contributed by atoms with E-state index in [9.17, 15) is 4.79 Å². The fraction of sp³-hybridized carbons (Fsp3) is 0.889. The second-order valence-corrected chi connectivity index (χ2v) is 3.78. The molecule has 2 aliphatic rings. The Morgan fingerprint density at radius 2 is 2.00 bits per heavy atom. The van der Waals surface area contributed by atoms with E-state index in [1.807, 2.05) is 0 Å². The first-order valence-electron chi connectivity index (χ1n) is 4.66. The van der Waals surface area contributed by atoms with Crippen LogP contribution in [0.4, 0.5) is 0 Å². The second kappa shape index (κ2) is 2.84. The number of nitrogens with one attached hydrogen (secondary N) is 1. The van der Waals surface area contributed by atoms with Gasteiger partial charge >= 0.3 is 0 Å². The Hall–Kier alpha value is -0.530. The van der Waals surface area contributed by atoms with E-state index in [-0.39, 0.29) is 0 Å². The van der Waals surface area contributed by atoms with Crippen LogP contribution in [-0.2, 0) is 4.79 Å². The number of carbonyl (C=O) groups is 1. The van der Waals surface area contributed by atoms with Gasteiger partial charge in [0.1, 0.15) is 0 Å². The lowest BCUT2D eigenvalue weighted by Gasteiger charge is -2.12. The molecule has 0 aromatic rings. The summed E-state index contributed by atoms with van der Waals surface area (Å²) < 4.78 is 0. The molecule has 0 radical (unpaired) electrons. The van der Waals surface area contributed by atoms with Gasteiger partial charge in [-0.1, -0.05) is 19.3 Å². The van der Waals surface area contributed by atoms with Crippen LogP contribution in [-0.4, -0.2) is 11.9 Å².